The molecule has 7 rings (SSSR count). The molecule has 12 heteroatoms. The highest BCUT2D eigenvalue weighted by atomic mass is 32.2. The van der Waals surface area contributed by atoms with Gasteiger partial charge in [0.1, 0.15) is 12.6 Å². The van der Waals surface area contributed by atoms with Crippen molar-refractivity contribution in [1.29, 1.82) is 0 Å². The van der Waals surface area contributed by atoms with Crippen LogP contribution in [0.3, 0.4) is 0 Å². The third-order valence-corrected chi connectivity index (χ3v) is 10.8. The summed E-state index contributed by atoms with van der Waals surface area (Å²) >= 11 is 1.58. The van der Waals surface area contributed by atoms with E-state index in [1.165, 1.54) is 0 Å². The van der Waals surface area contributed by atoms with Crippen molar-refractivity contribution in [2.45, 2.75) is 62.0 Å². The number of ether oxygens (including phenoxy) is 3. The first-order valence-corrected chi connectivity index (χ1v) is 19.2. The molecule has 11 nitrogen and oxygen atoms in total. The monoisotopic (exact) mass is 772 g/mol. The lowest BCUT2D eigenvalue weighted by Crippen LogP contribution is -2.41. The number of hydrogen-bond acceptors (Lipinski definition) is 9. The Morgan fingerprint density at radius 1 is 0.786 bits per heavy atom. The predicted molar refractivity (Wildman–Crippen MR) is 208 cm³/mol. The fourth-order valence-electron chi connectivity index (χ4n) is 6.67. The van der Waals surface area contributed by atoms with Gasteiger partial charge in [-0.05, 0) is 69.8 Å². The molecule has 3 N–H and O–H groups in total. The van der Waals surface area contributed by atoms with E-state index in [0.29, 0.717) is 12.2 Å². The molecule has 5 aromatic rings. The normalized spacial score (nSPS) is 19.5. The van der Waals surface area contributed by atoms with Crippen LogP contribution < -0.4 is 5.32 Å². The molecule has 0 spiro atoms. The molecule has 3 amide bonds. The number of carbonyl (C=O) groups excluding carboxylic acids is 3. The maximum Gasteiger partial charge on any atom is 0.408 e. The maximum absolute atomic E-state index is 13.2. The van der Waals surface area contributed by atoms with Crippen molar-refractivity contribution < 1.29 is 43.6 Å². The summed E-state index contributed by atoms with van der Waals surface area (Å²) in [6.45, 7) is 0.0381. The molecule has 0 aromatic heterocycles. The number of thioether (sulfide) groups is 1. The summed E-state index contributed by atoms with van der Waals surface area (Å²) in [6, 6.07) is 38.1. The molecule has 1 unspecified atom stereocenters. The summed E-state index contributed by atoms with van der Waals surface area (Å²) < 4.78 is 18.4. The van der Waals surface area contributed by atoms with Crippen LogP contribution in [0.2, 0.25) is 0 Å². The Morgan fingerprint density at radius 3 is 2.23 bits per heavy atom. The molecule has 5 aromatic carbocycles. The molecule has 0 aliphatic carbocycles. The molecule has 2 aliphatic rings. The molecular formula is C44H40N2O9S. The van der Waals surface area contributed by atoms with Crippen LogP contribution in [0.4, 0.5) is 4.79 Å². The Balaban J connectivity index is 1.03. The number of amides is 3. The average Bonchev–Trinajstić information content (AvgIpc) is 3.49. The Bertz CT molecular complexity index is 2180. The number of aliphatic hydroxyl groups excluding tert-OH is 1. The van der Waals surface area contributed by atoms with Crippen molar-refractivity contribution in [3.05, 3.63) is 161 Å². The number of imide groups is 1. The SMILES string of the molecule is O=C(NC1CC(=O)N(Cc2cccc(-c3cccc([C@@H]4O[C@H](CSc5ccc(C(=O)O)cc5)C[C@H](c5ccc(CO)cc5)O4)c3)c2)C1=O)OCc1ccccc1. The van der Waals surface area contributed by atoms with Crippen LogP contribution in [-0.2, 0) is 43.6 Å². The van der Waals surface area contributed by atoms with Crippen LogP contribution in [0.25, 0.3) is 11.1 Å². The minimum Gasteiger partial charge on any atom is -0.478 e. The van der Waals surface area contributed by atoms with Gasteiger partial charge in [0.2, 0.25) is 5.91 Å². The van der Waals surface area contributed by atoms with Crippen LogP contribution in [0.5, 0.6) is 0 Å². The number of carboxylic acids is 1. The highest BCUT2D eigenvalue weighted by Gasteiger charge is 2.40. The first-order valence-electron chi connectivity index (χ1n) is 18.2. The molecule has 0 bridgehead atoms. The summed E-state index contributed by atoms with van der Waals surface area (Å²) in [4.78, 5) is 52.0. The highest BCUT2D eigenvalue weighted by Crippen LogP contribution is 2.40. The number of aromatic carboxylic acids is 1. The second-order valence-corrected chi connectivity index (χ2v) is 14.7. The molecule has 2 aliphatic heterocycles. The van der Waals surface area contributed by atoms with E-state index < -0.39 is 30.3 Å². The van der Waals surface area contributed by atoms with Crippen molar-refractivity contribution in [1.82, 2.24) is 10.2 Å². The maximum atomic E-state index is 13.2. The van der Waals surface area contributed by atoms with Gasteiger partial charge in [0.25, 0.3) is 5.91 Å². The van der Waals surface area contributed by atoms with Crippen molar-refractivity contribution in [2.75, 3.05) is 5.75 Å². The van der Waals surface area contributed by atoms with Gasteiger partial charge in [0.05, 0.1) is 37.3 Å². The summed E-state index contributed by atoms with van der Waals surface area (Å²) in [6.07, 6.45) is -1.50. The molecule has 2 heterocycles. The summed E-state index contributed by atoms with van der Waals surface area (Å²) in [5.41, 5.74) is 6.11. The molecule has 2 saturated heterocycles. The van der Waals surface area contributed by atoms with Gasteiger partial charge in [-0.25, -0.2) is 9.59 Å². The number of likely N-dealkylation sites (tertiary alicyclic amines) is 1. The summed E-state index contributed by atoms with van der Waals surface area (Å²) in [7, 11) is 0. The quantitative estimate of drug-likeness (QED) is 0.0814. The topological polar surface area (TPSA) is 152 Å². The van der Waals surface area contributed by atoms with E-state index in [1.807, 2.05) is 103 Å². The zero-order chi connectivity index (χ0) is 39.0. The predicted octanol–water partition coefficient (Wildman–Crippen LogP) is 7.44. The molecule has 2 fully saturated rings. The van der Waals surface area contributed by atoms with E-state index in [1.54, 1.807) is 36.0 Å². The van der Waals surface area contributed by atoms with E-state index in [9.17, 15) is 29.4 Å². The van der Waals surface area contributed by atoms with Crippen LogP contribution in [0.1, 0.15) is 63.4 Å². The van der Waals surface area contributed by atoms with E-state index in [0.717, 1.165) is 48.7 Å². The standard InChI is InChI=1S/C44H40N2O9S/c47-25-28-12-14-31(15-13-28)39-22-36(27-56-37-18-16-32(17-19-37)42(50)51)54-43(55-39)35-11-5-10-34(21-35)33-9-4-8-30(20-33)24-46-40(48)23-38(41(46)49)45-44(52)53-26-29-6-2-1-3-7-29/h1-21,36,38-39,43,47H,22-27H2,(H,45,52)(H,50,51)/t36-,38?,39+,43+/m0/s1. The number of rotatable bonds is 13. The number of benzene rings is 5. The number of carbonyl (C=O) groups is 4. The van der Waals surface area contributed by atoms with E-state index in [-0.39, 0.29) is 49.9 Å². The number of carboxylic acid groups (broad SMARTS) is 1. The Morgan fingerprint density at radius 2 is 1.50 bits per heavy atom. The van der Waals surface area contributed by atoms with Gasteiger partial charge in [-0.2, -0.15) is 0 Å². The van der Waals surface area contributed by atoms with Gasteiger partial charge < -0.3 is 29.7 Å². The van der Waals surface area contributed by atoms with Crippen molar-refractivity contribution in [2.24, 2.45) is 0 Å². The van der Waals surface area contributed by atoms with Gasteiger partial charge in [0.15, 0.2) is 6.29 Å². The van der Waals surface area contributed by atoms with E-state index in [2.05, 4.69) is 5.32 Å². The Kier molecular flexibility index (Phi) is 12.2. The summed E-state index contributed by atoms with van der Waals surface area (Å²) in [5, 5.41) is 21.4. The van der Waals surface area contributed by atoms with E-state index >= 15 is 0 Å². The van der Waals surface area contributed by atoms with Gasteiger partial charge in [-0.1, -0.05) is 91.0 Å². The number of hydrogen-bond donors (Lipinski definition) is 3. The van der Waals surface area contributed by atoms with Gasteiger partial charge in [-0.3, -0.25) is 14.5 Å². The van der Waals surface area contributed by atoms with Crippen LogP contribution in [0.15, 0.2) is 132 Å². The van der Waals surface area contributed by atoms with Crippen LogP contribution in [0, 0.1) is 0 Å². The second-order valence-electron chi connectivity index (χ2n) is 13.6. The van der Waals surface area contributed by atoms with Gasteiger partial charge in [-0.15, -0.1) is 11.8 Å². The van der Waals surface area contributed by atoms with Crippen molar-refractivity contribution >= 4 is 35.6 Å². The zero-order valence-electron chi connectivity index (χ0n) is 30.3. The van der Waals surface area contributed by atoms with Gasteiger partial charge in [0, 0.05) is 22.6 Å². The molecule has 56 heavy (non-hydrogen) atoms. The lowest BCUT2D eigenvalue weighted by Gasteiger charge is -2.36. The minimum atomic E-state index is -1.00. The first kappa shape index (κ1) is 38.5. The van der Waals surface area contributed by atoms with Crippen molar-refractivity contribution in [3.63, 3.8) is 0 Å². The summed E-state index contributed by atoms with van der Waals surface area (Å²) in [5.74, 6) is -1.23. The molecule has 0 saturated carbocycles. The number of aliphatic hydroxyl groups is 1. The van der Waals surface area contributed by atoms with Gasteiger partial charge >= 0.3 is 12.1 Å². The van der Waals surface area contributed by atoms with E-state index in [4.69, 9.17) is 14.2 Å². The second kappa shape index (κ2) is 17.8. The average molecular weight is 773 g/mol. The first-order chi connectivity index (χ1) is 27.2. The third kappa shape index (κ3) is 9.53. The lowest BCUT2D eigenvalue weighted by atomic mass is 9.99. The molecule has 286 valence electrons. The smallest absolute Gasteiger partial charge is 0.408 e. The highest BCUT2D eigenvalue weighted by molar-refractivity contribution is 7.99. The van der Waals surface area contributed by atoms with Crippen LogP contribution in [-0.4, -0.2) is 56.9 Å². The fraction of sp³-hybridized carbons (Fsp3) is 0.227. The largest absolute Gasteiger partial charge is 0.478 e. The minimum absolute atomic E-state index is 0.0458. The number of nitrogens with zero attached hydrogens (tertiary/aromatic N) is 1. The molecular weight excluding hydrogens is 733 g/mol. The molecule has 4 atom stereocenters. The lowest BCUT2D eigenvalue weighted by molar-refractivity contribution is -0.245. The zero-order valence-corrected chi connectivity index (χ0v) is 31.1. The Hall–Kier alpha value is -5.79. The number of nitrogens with one attached hydrogen (secondary N) is 1. The number of alkyl carbamates (subject to hydrolysis) is 1. The van der Waals surface area contributed by atoms with Crippen LogP contribution >= 0.6 is 11.8 Å². The van der Waals surface area contributed by atoms with Crippen molar-refractivity contribution in [3.8, 4) is 11.1 Å². The Labute approximate surface area is 328 Å². The fourth-order valence-corrected chi connectivity index (χ4v) is 7.59. The molecule has 0 radical (unpaired) electrons. The third-order valence-electron chi connectivity index (χ3n) is 9.66.